The average molecular weight is 368 g/mol. The number of hydrogen-bond acceptors (Lipinski definition) is 3. The fraction of sp³-hybridized carbons (Fsp3) is 0.650. The SMILES string of the molecule is CCCCCC[S@](=O)C[C@H](Cc1ccccc1)NC(=O)OC(C)(C)C. The molecule has 5 heteroatoms. The van der Waals surface area contributed by atoms with Crippen molar-refractivity contribution in [3.63, 3.8) is 0 Å². The first-order chi connectivity index (χ1) is 11.8. The summed E-state index contributed by atoms with van der Waals surface area (Å²) in [7, 11) is -0.937. The van der Waals surface area contributed by atoms with Gasteiger partial charge in [-0.25, -0.2) is 4.79 Å². The van der Waals surface area contributed by atoms with Crippen LogP contribution in [0.2, 0.25) is 0 Å². The summed E-state index contributed by atoms with van der Waals surface area (Å²) < 4.78 is 17.7. The van der Waals surface area contributed by atoms with Crippen LogP contribution in [0.1, 0.15) is 58.9 Å². The molecule has 25 heavy (non-hydrogen) atoms. The Morgan fingerprint density at radius 3 is 2.44 bits per heavy atom. The smallest absolute Gasteiger partial charge is 0.407 e. The van der Waals surface area contributed by atoms with Crippen LogP contribution in [-0.2, 0) is 22.0 Å². The van der Waals surface area contributed by atoms with Gasteiger partial charge in [0.2, 0.25) is 0 Å². The van der Waals surface area contributed by atoms with E-state index in [2.05, 4.69) is 12.2 Å². The maximum Gasteiger partial charge on any atom is 0.407 e. The zero-order valence-corrected chi connectivity index (χ0v) is 16.9. The third-order valence-corrected chi connectivity index (χ3v) is 5.18. The standard InChI is InChI=1S/C20H33NO3S/c1-5-6-7-11-14-25(23)16-18(15-17-12-9-8-10-13-17)21-19(22)24-20(2,3)4/h8-10,12-13,18H,5-7,11,14-16H2,1-4H3,(H,21,22)/t18-,25-/m0/s1. The molecule has 0 aliphatic heterocycles. The lowest BCUT2D eigenvalue weighted by Gasteiger charge is -2.23. The summed E-state index contributed by atoms with van der Waals surface area (Å²) in [4.78, 5) is 12.1. The molecular weight excluding hydrogens is 334 g/mol. The summed E-state index contributed by atoms with van der Waals surface area (Å²) in [6.45, 7) is 7.68. The molecule has 142 valence electrons. The zero-order chi connectivity index (χ0) is 18.7. The van der Waals surface area contributed by atoms with Crippen molar-refractivity contribution in [1.29, 1.82) is 0 Å². The van der Waals surface area contributed by atoms with Crippen molar-refractivity contribution < 1.29 is 13.7 Å². The van der Waals surface area contributed by atoms with E-state index in [1.165, 1.54) is 12.8 Å². The first kappa shape index (κ1) is 21.7. The molecule has 0 aliphatic carbocycles. The van der Waals surface area contributed by atoms with Gasteiger partial charge in [-0.2, -0.15) is 0 Å². The van der Waals surface area contributed by atoms with Crippen LogP contribution in [0.15, 0.2) is 30.3 Å². The number of carbonyl (C=O) groups excluding carboxylic acids is 1. The predicted molar refractivity (Wildman–Crippen MR) is 105 cm³/mol. The molecule has 1 rings (SSSR count). The summed E-state index contributed by atoms with van der Waals surface area (Å²) in [5.74, 6) is 1.15. The quantitative estimate of drug-likeness (QED) is 0.622. The molecule has 1 aromatic carbocycles. The van der Waals surface area contributed by atoms with Crippen molar-refractivity contribution in [2.24, 2.45) is 0 Å². The summed E-state index contributed by atoms with van der Waals surface area (Å²) in [6, 6.07) is 9.76. The monoisotopic (exact) mass is 367 g/mol. The second-order valence-corrected chi connectivity index (χ2v) is 9.03. The van der Waals surface area contributed by atoms with Crippen molar-refractivity contribution in [2.75, 3.05) is 11.5 Å². The van der Waals surface area contributed by atoms with E-state index < -0.39 is 22.5 Å². The normalized spacial score (nSPS) is 13.9. The van der Waals surface area contributed by atoms with Gasteiger partial charge in [-0.05, 0) is 39.2 Å². The van der Waals surface area contributed by atoms with Gasteiger partial charge in [-0.1, -0.05) is 56.5 Å². The van der Waals surface area contributed by atoms with Crippen LogP contribution in [0, 0.1) is 0 Å². The van der Waals surface area contributed by atoms with Crippen molar-refractivity contribution in [2.45, 2.75) is 71.4 Å². The number of nitrogens with one attached hydrogen (secondary N) is 1. The molecule has 0 unspecified atom stereocenters. The summed E-state index contributed by atoms with van der Waals surface area (Å²) in [5, 5.41) is 2.90. The van der Waals surface area contributed by atoms with Crippen LogP contribution in [0.4, 0.5) is 4.79 Å². The fourth-order valence-electron chi connectivity index (χ4n) is 2.52. The van der Waals surface area contributed by atoms with Crippen LogP contribution in [0.25, 0.3) is 0 Å². The van der Waals surface area contributed by atoms with E-state index in [0.29, 0.717) is 17.9 Å². The fourth-order valence-corrected chi connectivity index (χ4v) is 3.86. The van der Waals surface area contributed by atoms with Gasteiger partial charge in [0.1, 0.15) is 5.60 Å². The molecule has 1 N–H and O–H groups in total. The maximum atomic E-state index is 12.4. The number of alkyl carbamates (subject to hydrolysis) is 1. The average Bonchev–Trinajstić information content (AvgIpc) is 2.50. The summed E-state index contributed by atoms with van der Waals surface area (Å²) in [5.41, 5.74) is 0.576. The molecule has 0 heterocycles. The molecule has 0 saturated carbocycles. The third kappa shape index (κ3) is 11.0. The molecule has 0 bridgehead atoms. The second kappa shape index (κ2) is 11.3. The van der Waals surface area contributed by atoms with E-state index in [9.17, 15) is 9.00 Å². The molecule has 0 aliphatic rings. The van der Waals surface area contributed by atoms with Gasteiger partial charge < -0.3 is 10.1 Å². The molecular formula is C20H33NO3S. The maximum absolute atomic E-state index is 12.4. The molecule has 0 aromatic heterocycles. The Labute approximate surface area is 155 Å². The van der Waals surface area contributed by atoms with Crippen LogP contribution < -0.4 is 5.32 Å². The molecule has 0 saturated heterocycles. The number of unbranched alkanes of at least 4 members (excludes halogenated alkanes) is 3. The highest BCUT2D eigenvalue weighted by molar-refractivity contribution is 7.85. The highest BCUT2D eigenvalue weighted by Crippen LogP contribution is 2.10. The number of ether oxygens (including phenoxy) is 1. The molecule has 4 nitrogen and oxygen atoms in total. The summed E-state index contributed by atoms with van der Waals surface area (Å²) >= 11 is 0. The van der Waals surface area contributed by atoms with Crippen molar-refractivity contribution in [3.05, 3.63) is 35.9 Å². The first-order valence-corrected chi connectivity index (χ1v) is 10.7. The number of hydrogen-bond donors (Lipinski definition) is 1. The van der Waals surface area contributed by atoms with E-state index in [-0.39, 0.29) is 6.04 Å². The summed E-state index contributed by atoms with van der Waals surface area (Å²) in [6.07, 6.45) is 4.65. The van der Waals surface area contributed by atoms with Gasteiger partial charge in [-0.15, -0.1) is 0 Å². The van der Waals surface area contributed by atoms with Gasteiger partial charge in [0, 0.05) is 28.3 Å². The Kier molecular flexibility index (Phi) is 9.79. The molecule has 1 aromatic rings. The van der Waals surface area contributed by atoms with Crippen molar-refractivity contribution in [3.8, 4) is 0 Å². The van der Waals surface area contributed by atoms with Crippen molar-refractivity contribution in [1.82, 2.24) is 5.32 Å². The number of amides is 1. The molecule has 1 amide bonds. The Morgan fingerprint density at radius 2 is 1.84 bits per heavy atom. The van der Waals surface area contributed by atoms with Crippen LogP contribution in [0.3, 0.4) is 0 Å². The van der Waals surface area contributed by atoms with E-state index >= 15 is 0 Å². The minimum atomic E-state index is -0.937. The van der Waals surface area contributed by atoms with E-state index in [0.717, 1.165) is 18.4 Å². The molecule has 0 fully saturated rings. The Morgan fingerprint density at radius 1 is 1.16 bits per heavy atom. The Balaban J connectivity index is 2.61. The van der Waals surface area contributed by atoms with Gasteiger partial charge >= 0.3 is 6.09 Å². The van der Waals surface area contributed by atoms with Crippen molar-refractivity contribution >= 4 is 16.9 Å². The largest absolute Gasteiger partial charge is 0.444 e. The number of carbonyl (C=O) groups is 1. The van der Waals surface area contributed by atoms with Gasteiger partial charge in [0.05, 0.1) is 0 Å². The minimum Gasteiger partial charge on any atom is -0.444 e. The predicted octanol–water partition coefficient (Wildman–Crippen LogP) is 4.45. The lowest BCUT2D eigenvalue weighted by molar-refractivity contribution is 0.0509. The first-order valence-electron chi connectivity index (χ1n) is 9.18. The van der Waals surface area contributed by atoms with E-state index in [1.807, 2.05) is 51.1 Å². The van der Waals surface area contributed by atoms with Crippen LogP contribution >= 0.6 is 0 Å². The van der Waals surface area contributed by atoms with Crippen LogP contribution in [0.5, 0.6) is 0 Å². The number of rotatable bonds is 10. The zero-order valence-electron chi connectivity index (χ0n) is 16.0. The van der Waals surface area contributed by atoms with Gasteiger partial charge in [0.15, 0.2) is 0 Å². The topological polar surface area (TPSA) is 55.4 Å². The lowest BCUT2D eigenvalue weighted by atomic mass is 10.1. The Hall–Kier alpha value is -1.36. The molecule has 0 spiro atoms. The second-order valence-electron chi connectivity index (χ2n) is 7.40. The van der Waals surface area contributed by atoms with Gasteiger partial charge in [-0.3, -0.25) is 4.21 Å². The van der Waals surface area contributed by atoms with Crippen LogP contribution in [-0.4, -0.2) is 33.5 Å². The lowest BCUT2D eigenvalue weighted by Crippen LogP contribution is -2.43. The van der Waals surface area contributed by atoms with Gasteiger partial charge in [0.25, 0.3) is 0 Å². The molecule has 0 radical (unpaired) electrons. The highest BCUT2D eigenvalue weighted by Gasteiger charge is 2.21. The number of benzene rings is 1. The molecule has 2 atom stereocenters. The van der Waals surface area contributed by atoms with E-state index in [1.54, 1.807) is 0 Å². The minimum absolute atomic E-state index is 0.191. The Bertz CT molecular complexity index is 525. The third-order valence-electron chi connectivity index (χ3n) is 3.66. The van der Waals surface area contributed by atoms with E-state index in [4.69, 9.17) is 4.74 Å². The highest BCUT2D eigenvalue weighted by atomic mass is 32.2.